The lowest BCUT2D eigenvalue weighted by atomic mass is 9.87. The zero-order valence-corrected chi connectivity index (χ0v) is 23.7. The van der Waals surface area contributed by atoms with Crippen molar-refractivity contribution < 1.29 is 24.1 Å². The molecule has 3 heterocycles. The second-order valence-corrected chi connectivity index (χ2v) is 10.6. The zero-order chi connectivity index (χ0) is 29.0. The van der Waals surface area contributed by atoms with Crippen molar-refractivity contribution >= 4 is 5.65 Å². The third-order valence-corrected chi connectivity index (χ3v) is 7.75. The Morgan fingerprint density at radius 2 is 1.43 bits per heavy atom. The Kier molecular flexibility index (Phi) is 8.10. The van der Waals surface area contributed by atoms with E-state index in [0.717, 1.165) is 16.7 Å². The van der Waals surface area contributed by atoms with E-state index >= 15 is 0 Å². The molecule has 0 spiro atoms. The van der Waals surface area contributed by atoms with Gasteiger partial charge in [-0.05, 0) is 30.5 Å². The summed E-state index contributed by atoms with van der Waals surface area (Å²) in [5, 5.41) is 17.0. The number of aryl methyl sites for hydroxylation is 1. The Bertz CT molecular complexity index is 1600. The van der Waals surface area contributed by atoms with Gasteiger partial charge in [-0.2, -0.15) is 5.10 Å². The maximum atomic E-state index is 12.6. The maximum absolute atomic E-state index is 12.6. The first-order chi connectivity index (χ1) is 20.5. The summed E-state index contributed by atoms with van der Waals surface area (Å²) in [6.07, 6.45) is 1.58. The molecular weight excluding hydrogens is 532 g/mol. The normalized spacial score (nSPS) is 23.9. The molecule has 1 N–H and O–H groups in total. The predicted molar refractivity (Wildman–Crippen MR) is 155 cm³/mol. The summed E-state index contributed by atoms with van der Waals surface area (Å²) in [6, 6.07) is 29.6. The van der Waals surface area contributed by atoms with Crippen LogP contribution in [0, 0.1) is 6.92 Å². The van der Waals surface area contributed by atoms with Crippen molar-refractivity contribution in [2.24, 2.45) is 0 Å². The van der Waals surface area contributed by atoms with Gasteiger partial charge >= 0.3 is 0 Å². The van der Waals surface area contributed by atoms with Crippen LogP contribution in [0.4, 0.5) is 0 Å². The van der Waals surface area contributed by atoms with Gasteiger partial charge in [0.05, 0.1) is 38.3 Å². The van der Waals surface area contributed by atoms with Crippen LogP contribution in [-0.2, 0) is 44.6 Å². The van der Waals surface area contributed by atoms with Crippen LogP contribution in [0.5, 0.6) is 0 Å². The van der Waals surface area contributed by atoms with Gasteiger partial charge in [-0.25, -0.2) is 14.5 Å². The minimum Gasteiger partial charge on any atom is -0.374 e. The Balaban J connectivity index is 1.38. The van der Waals surface area contributed by atoms with Crippen molar-refractivity contribution in [2.75, 3.05) is 6.61 Å². The standard InChI is InChI=1S/C33H34N4O5/c1-24-31-34-18-29(37(31)36-23-35-24)33(38)32(2,41-21-27-16-10-5-11-17-27)30(40-20-26-14-8-4-9-15-26)28(42-33)22-39-19-25-12-6-3-7-13-25/h3-18,23,28,30,38H,19-22H2,1-2H3/t28-,30-,32-,33?/m1/s1. The number of ether oxygens (including phenoxy) is 4. The fraction of sp³-hybridized carbons (Fsp3) is 0.303. The molecule has 3 aromatic carbocycles. The number of rotatable bonds is 11. The van der Waals surface area contributed by atoms with E-state index in [4.69, 9.17) is 18.9 Å². The first kappa shape index (κ1) is 28.1. The van der Waals surface area contributed by atoms with E-state index in [1.54, 1.807) is 10.7 Å². The highest BCUT2D eigenvalue weighted by molar-refractivity contribution is 5.44. The molecule has 1 aliphatic rings. The lowest BCUT2D eigenvalue weighted by molar-refractivity contribution is -0.294. The fourth-order valence-electron chi connectivity index (χ4n) is 5.42. The topological polar surface area (TPSA) is 100 Å². The van der Waals surface area contributed by atoms with Gasteiger partial charge in [-0.1, -0.05) is 91.0 Å². The van der Waals surface area contributed by atoms with Gasteiger partial charge in [-0.15, -0.1) is 0 Å². The largest absolute Gasteiger partial charge is 0.374 e. The Morgan fingerprint density at radius 3 is 2.07 bits per heavy atom. The molecule has 6 rings (SSSR count). The minimum atomic E-state index is -2.00. The van der Waals surface area contributed by atoms with Gasteiger partial charge in [0, 0.05) is 0 Å². The second kappa shape index (κ2) is 12.1. The molecule has 0 aliphatic carbocycles. The molecule has 0 amide bonds. The second-order valence-electron chi connectivity index (χ2n) is 10.6. The summed E-state index contributed by atoms with van der Waals surface area (Å²) in [4.78, 5) is 8.76. The molecule has 9 heteroatoms. The first-order valence-corrected chi connectivity index (χ1v) is 14.0. The van der Waals surface area contributed by atoms with Crippen molar-refractivity contribution in [3.8, 4) is 0 Å². The Labute approximate surface area is 244 Å². The van der Waals surface area contributed by atoms with Gasteiger partial charge in [-0.3, -0.25) is 0 Å². The van der Waals surface area contributed by atoms with Crippen LogP contribution in [0.1, 0.15) is 35.0 Å². The fourth-order valence-corrected chi connectivity index (χ4v) is 5.42. The van der Waals surface area contributed by atoms with Crippen molar-refractivity contribution in [3.63, 3.8) is 0 Å². The predicted octanol–water partition coefficient (Wildman–Crippen LogP) is 4.75. The van der Waals surface area contributed by atoms with E-state index in [1.807, 2.05) is 105 Å². The van der Waals surface area contributed by atoms with Crippen molar-refractivity contribution in [2.45, 2.75) is 57.3 Å². The van der Waals surface area contributed by atoms with Crippen LogP contribution in [0.25, 0.3) is 5.65 Å². The van der Waals surface area contributed by atoms with Crippen LogP contribution in [0.2, 0.25) is 0 Å². The van der Waals surface area contributed by atoms with E-state index in [9.17, 15) is 5.11 Å². The summed E-state index contributed by atoms with van der Waals surface area (Å²) in [6.45, 7) is 4.70. The lowest BCUT2D eigenvalue weighted by Gasteiger charge is -2.39. The lowest BCUT2D eigenvalue weighted by Crippen LogP contribution is -2.55. The molecule has 1 fully saturated rings. The molecule has 0 saturated carbocycles. The van der Waals surface area contributed by atoms with Gasteiger partial charge in [0.2, 0.25) is 5.79 Å². The summed E-state index contributed by atoms with van der Waals surface area (Å²) in [5.41, 5.74) is 3.07. The number of imidazole rings is 1. The Morgan fingerprint density at radius 1 is 0.833 bits per heavy atom. The molecule has 216 valence electrons. The van der Waals surface area contributed by atoms with Crippen molar-refractivity contribution in [1.29, 1.82) is 0 Å². The molecule has 1 saturated heterocycles. The molecule has 0 radical (unpaired) electrons. The average molecular weight is 567 g/mol. The molecule has 1 unspecified atom stereocenters. The highest BCUT2D eigenvalue weighted by Crippen LogP contribution is 2.49. The summed E-state index contributed by atoms with van der Waals surface area (Å²) >= 11 is 0. The zero-order valence-electron chi connectivity index (χ0n) is 23.7. The molecule has 2 aromatic heterocycles. The van der Waals surface area contributed by atoms with E-state index in [2.05, 4.69) is 15.1 Å². The Hall–Kier alpha value is -3.99. The highest BCUT2D eigenvalue weighted by atomic mass is 16.7. The van der Waals surface area contributed by atoms with Gasteiger partial charge in [0.1, 0.15) is 24.2 Å². The van der Waals surface area contributed by atoms with E-state index in [0.29, 0.717) is 30.2 Å². The van der Waals surface area contributed by atoms with Gasteiger partial charge < -0.3 is 24.1 Å². The van der Waals surface area contributed by atoms with E-state index < -0.39 is 23.6 Å². The van der Waals surface area contributed by atoms with E-state index in [-0.39, 0.29) is 13.2 Å². The average Bonchev–Trinajstić information content (AvgIpc) is 3.55. The quantitative estimate of drug-likeness (QED) is 0.244. The number of fused-ring (bicyclic) bond motifs is 1. The van der Waals surface area contributed by atoms with Crippen molar-refractivity contribution in [3.05, 3.63) is 132 Å². The summed E-state index contributed by atoms with van der Waals surface area (Å²) < 4.78 is 27.5. The molecule has 42 heavy (non-hydrogen) atoms. The van der Waals surface area contributed by atoms with Crippen LogP contribution in [0.3, 0.4) is 0 Å². The number of aromatic nitrogens is 4. The minimum absolute atomic E-state index is 0.158. The summed E-state index contributed by atoms with van der Waals surface area (Å²) in [5.74, 6) is -2.00. The van der Waals surface area contributed by atoms with Crippen LogP contribution in [0.15, 0.2) is 104 Å². The number of nitrogens with zero attached hydrogens (tertiary/aromatic N) is 4. The number of aliphatic hydroxyl groups is 1. The molecular formula is C33H34N4O5. The third-order valence-electron chi connectivity index (χ3n) is 7.75. The number of benzene rings is 3. The van der Waals surface area contributed by atoms with Gasteiger partial charge in [0.15, 0.2) is 11.2 Å². The van der Waals surface area contributed by atoms with Crippen LogP contribution >= 0.6 is 0 Å². The molecule has 0 bridgehead atoms. The summed E-state index contributed by atoms with van der Waals surface area (Å²) in [7, 11) is 0. The number of hydrogen-bond acceptors (Lipinski definition) is 8. The number of hydrogen-bond donors (Lipinski definition) is 1. The SMILES string of the molecule is Cc1ncnn2c(C3(O)O[C@H](COCc4ccccc4)[C@@H](OCc4ccccc4)[C@@]3(C)OCc3ccccc3)cnc12. The first-order valence-electron chi connectivity index (χ1n) is 14.0. The van der Waals surface area contributed by atoms with E-state index in [1.165, 1.54) is 6.33 Å². The van der Waals surface area contributed by atoms with Crippen LogP contribution < -0.4 is 0 Å². The van der Waals surface area contributed by atoms with Gasteiger partial charge in [0.25, 0.3) is 0 Å². The molecule has 9 nitrogen and oxygen atoms in total. The molecule has 5 aromatic rings. The third kappa shape index (κ3) is 5.45. The molecule has 4 atom stereocenters. The van der Waals surface area contributed by atoms with Crippen LogP contribution in [-0.4, -0.2) is 49.1 Å². The van der Waals surface area contributed by atoms with Crippen molar-refractivity contribution in [1.82, 2.24) is 19.6 Å². The highest BCUT2D eigenvalue weighted by Gasteiger charge is 2.67. The maximum Gasteiger partial charge on any atom is 0.244 e. The monoisotopic (exact) mass is 566 g/mol. The molecule has 1 aliphatic heterocycles. The smallest absolute Gasteiger partial charge is 0.244 e.